The van der Waals surface area contributed by atoms with Gasteiger partial charge in [-0.05, 0) is 62.8 Å². The minimum absolute atomic E-state index is 0.126. The number of amides is 1. The Bertz CT molecular complexity index is 877. The second-order valence-corrected chi connectivity index (χ2v) is 9.10. The van der Waals surface area contributed by atoms with E-state index in [1.54, 1.807) is 0 Å². The minimum Gasteiger partial charge on any atom is -0.452 e. The van der Waals surface area contributed by atoms with E-state index in [4.69, 9.17) is 4.74 Å². The average Bonchev–Trinajstić information content (AvgIpc) is 3.39. The molecule has 1 saturated carbocycles. The van der Waals surface area contributed by atoms with Gasteiger partial charge in [-0.15, -0.1) is 0 Å². The number of benzene rings is 1. The second-order valence-electron chi connectivity index (χ2n) is 7.16. The van der Waals surface area contributed by atoms with Crippen molar-refractivity contribution in [2.45, 2.75) is 49.0 Å². The maximum Gasteiger partial charge on any atom is 0.338 e. The topological polar surface area (TPSA) is 117 Å². The number of nitrogens with one attached hydrogen (secondary N) is 1. The van der Waals surface area contributed by atoms with Crippen molar-refractivity contribution in [2.75, 3.05) is 19.7 Å². The number of hydrogen-bond donors (Lipinski definition) is 1. The molecule has 1 N–H and O–H groups in total. The molecule has 0 atom stereocenters. The van der Waals surface area contributed by atoms with E-state index in [0.717, 1.165) is 25.7 Å². The molecule has 2 aliphatic rings. The molecule has 28 heavy (non-hydrogen) atoms. The van der Waals surface area contributed by atoms with Gasteiger partial charge in [0.2, 0.25) is 10.0 Å². The Balaban J connectivity index is 1.56. The molecule has 150 valence electrons. The van der Waals surface area contributed by atoms with Gasteiger partial charge in [-0.3, -0.25) is 4.79 Å². The maximum atomic E-state index is 12.5. The summed E-state index contributed by atoms with van der Waals surface area (Å²) in [6, 6.07) is 7.62. The predicted molar refractivity (Wildman–Crippen MR) is 99.7 cm³/mol. The molecule has 9 heteroatoms. The summed E-state index contributed by atoms with van der Waals surface area (Å²) >= 11 is 0. The molecule has 3 rings (SSSR count). The molecule has 0 aromatic heterocycles. The van der Waals surface area contributed by atoms with Crippen LogP contribution in [0.1, 0.15) is 48.9 Å². The third-order valence-electron chi connectivity index (χ3n) is 5.18. The van der Waals surface area contributed by atoms with Crippen LogP contribution in [0.4, 0.5) is 0 Å². The van der Waals surface area contributed by atoms with Crippen molar-refractivity contribution < 1.29 is 22.7 Å². The van der Waals surface area contributed by atoms with Crippen molar-refractivity contribution in [1.82, 2.24) is 9.62 Å². The van der Waals surface area contributed by atoms with Crippen LogP contribution in [0.3, 0.4) is 0 Å². The standard InChI is InChI=1S/C19H23N3O5S/c20-14-19(9-1-2-10-19)21-17(23)13-27-18(24)15-5-7-16(8-6-15)28(25,26)22-11-3-4-12-22/h5-8H,1-4,9-13H2,(H,21,23). The van der Waals surface area contributed by atoms with Crippen LogP contribution in [0.5, 0.6) is 0 Å². The van der Waals surface area contributed by atoms with Gasteiger partial charge in [0.1, 0.15) is 5.54 Å². The Kier molecular flexibility index (Phi) is 6.01. The number of carbonyl (C=O) groups excluding carboxylic acids is 2. The Morgan fingerprint density at radius 3 is 2.29 bits per heavy atom. The van der Waals surface area contributed by atoms with Gasteiger partial charge >= 0.3 is 5.97 Å². The van der Waals surface area contributed by atoms with Crippen LogP contribution in [-0.4, -0.2) is 49.8 Å². The fourth-order valence-electron chi connectivity index (χ4n) is 3.60. The van der Waals surface area contributed by atoms with Crippen molar-refractivity contribution in [3.63, 3.8) is 0 Å². The summed E-state index contributed by atoms with van der Waals surface area (Å²) in [4.78, 5) is 24.3. The van der Waals surface area contributed by atoms with E-state index >= 15 is 0 Å². The van der Waals surface area contributed by atoms with Crippen LogP contribution in [0, 0.1) is 11.3 Å². The molecule has 1 aliphatic heterocycles. The number of nitrogens with zero attached hydrogens (tertiary/aromatic N) is 2. The lowest BCUT2D eigenvalue weighted by Gasteiger charge is -2.21. The summed E-state index contributed by atoms with van der Waals surface area (Å²) in [6.45, 7) is 0.521. The monoisotopic (exact) mass is 405 g/mol. The zero-order valence-corrected chi connectivity index (χ0v) is 16.3. The number of carbonyl (C=O) groups is 2. The van der Waals surface area contributed by atoms with Gasteiger partial charge in [0.05, 0.1) is 16.5 Å². The molecule has 1 heterocycles. The van der Waals surface area contributed by atoms with Gasteiger partial charge in [0.25, 0.3) is 5.91 Å². The fraction of sp³-hybridized carbons (Fsp3) is 0.526. The summed E-state index contributed by atoms with van der Waals surface area (Å²) in [5, 5.41) is 11.9. The first-order chi connectivity index (χ1) is 13.4. The van der Waals surface area contributed by atoms with Crippen molar-refractivity contribution in [3.8, 4) is 6.07 Å². The quantitative estimate of drug-likeness (QED) is 0.718. The lowest BCUT2D eigenvalue weighted by atomic mass is 10.00. The minimum atomic E-state index is -3.54. The third kappa shape index (κ3) is 4.34. The maximum absolute atomic E-state index is 12.5. The molecule has 1 aromatic carbocycles. The number of sulfonamides is 1. The Morgan fingerprint density at radius 1 is 1.11 bits per heavy atom. The predicted octanol–water partition coefficient (Wildman–Crippen LogP) is 1.58. The summed E-state index contributed by atoms with van der Waals surface area (Å²) in [6.07, 6.45) is 4.63. The Hall–Kier alpha value is -2.44. The molecule has 1 aliphatic carbocycles. The molecule has 8 nitrogen and oxygen atoms in total. The SMILES string of the molecule is N#CC1(NC(=O)COC(=O)c2ccc(S(=O)(=O)N3CCCC3)cc2)CCCC1. The van der Waals surface area contributed by atoms with E-state index in [2.05, 4.69) is 11.4 Å². The van der Waals surface area contributed by atoms with E-state index in [0.29, 0.717) is 25.9 Å². The first kappa shape index (κ1) is 20.3. The van der Waals surface area contributed by atoms with E-state index in [1.807, 2.05) is 0 Å². The van der Waals surface area contributed by atoms with E-state index < -0.39 is 34.0 Å². The molecule has 0 spiro atoms. The number of hydrogen-bond acceptors (Lipinski definition) is 6. The van der Waals surface area contributed by atoms with E-state index in [9.17, 15) is 23.3 Å². The highest BCUT2D eigenvalue weighted by Gasteiger charge is 2.35. The number of ether oxygens (including phenoxy) is 1. The van der Waals surface area contributed by atoms with Gasteiger partial charge < -0.3 is 10.1 Å². The highest BCUT2D eigenvalue weighted by molar-refractivity contribution is 7.89. The smallest absolute Gasteiger partial charge is 0.338 e. The van der Waals surface area contributed by atoms with Crippen LogP contribution < -0.4 is 5.32 Å². The molecule has 1 aromatic rings. The largest absolute Gasteiger partial charge is 0.452 e. The fourth-order valence-corrected chi connectivity index (χ4v) is 5.12. The molecule has 1 saturated heterocycles. The molecule has 0 unspecified atom stereocenters. The molecule has 0 radical (unpaired) electrons. The van der Waals surface area contributed by atoms with Gasteiger partial charge in [-0.1, -0.05) is 0 Å². The van der Waals surface area contributed by atoms with Crippen molar-refractivity contribution >= 4 is 21.9 Å². The number of rotatable bonds is 6. The summed E-state index contributed by atoms with van der Waals surface area (Å²) in [7, 11) is -3.54. The highest BCUT2D eigenvalue weighted by Crippen LogP contribution is 2.28. The first-order valence-corrected chi connectivity index (χ1v) is 10.8. The van der Waals surface area contributed by atoms with Gasteiger partial charge in [-0.25, -0.2) is 13.2 Å². The first-order valence-electron chi connectivity index (χ1n) is 9.36. The number of esters is 1. The van der Waals surface area contributed by atoms with Crippen LogP contribution in [0.25, 0.3) is 0 Å². The lowest BCUT2D eigenvalue weighted by molar-refractivity contribution is -0.125. The summed E-state index contributed by atoms with van der Waals surface area (Å²) in [5.41, 5.74) is -0.709. The van der Waals surface area contributed by atoms with E-state index in [-0.39, 0.29) is 10.5 Å². The normalized spacial score (nSPS) is 19.1. The van der Waals surface area contributed by atoms with E-state index in [1.165, 1.54) is 28.6 Å². The molecular weight excluding hydrogens is 382 g/mol. The third-order valence-corrected chi connectivity index (χ3v) is 7.09. The molecular formula is C19H23N3O5S. The second kappa shape index (κ2) is 8.29. The van der Waals surface area contributed by atoms with Crippen LogP contribution >= 0.6 is 0 Å². The van der Waals surface area contributed by atoms with Gasteiger partial charge in [-0.2, -0.15) is 9.57 Å². The zero-order valence-electron chi connectivity index (χ0n) is 15.5. The Morgan fingerprint density at radius 2 is 1.71 bits per heavy atom. The van der Waals surface area contributed by atoms with Crippen LogP contribution in [0.2, 0.25) is 0 Å². The summed E-state index contributed by atoms with van der Waals surface area (Å²) < 4.78 is 31.4. The van der Waals surface area contributed by atoms with Crippen LogP contribution in [0.15, 0.2) is 29.2 Å². The van der Waals surface area contributed by atoms with Gasteiger partial charge in [0, 0.05) is 13.1 Å². The lowest BCUT2D eigenvalue weighted by Crippen LogP contribution is -2.46. The molecule has 1 amide bonds. The van der Waals surface area contributed by atoms with Crippen molar-refractivity contribution in [1.29, 1.82) is 5.26 Å². The van der Waals surface area contributed by atoms with Gasteiger partial charge in [0.15, 0.2) is 6.61 Å². The zero-order chi connectivity index (χ0) is 20.2. The highest BCUT2D eigenvalue weighted by atomic mass is 32.2. The van der Waals surface area contributed by atoms with Crippen molar-refractivity contribution in [3.05, 3.63) is 29.8 Å². The molecule has 2 fully saturated rings. The average molecular weight is 405 g/mol. The Labute approximate surface area is 164 Å². The number of nitriles is 1. The summed E-state index contributed by atoms with van der Waals surface area (Å²) in [5.74, 6) is -1.25. The van der Waals surface area contributed by atoms with Crippen LogP contribution in [-0.2, 0) is 19.6 Å². The molecule has 0 bridgehead atoms. The van der Waals surface area contributed by atoms with Crippen molar-refractivity contribution in [2.24, 2.45) is 0 Å².